The van der Waals surface area contributed by atoms with E-state index in [0.717, 1.165) is 42.0 Å². The predicted octanol–water partition coefficient (Wildman–Crippen LogP) is 1.18. The summed E-state index contributed by atoms with van der Waals surface area (Å²) in [6.07, 6.45) is 2.64. The van der Waals surface area contributed by atoms with E-state index in [0.29, 0.717) is 6.54 Å². The summed E-state index contributed by atoms with van der Waals surface area (Å²) in [6.45, 7) is 4.65. The average Bonchev–Trinajstić information content (AvgIpc) is 2.89. The van der Waals surface area contributed by atoms with Crippen LogP contribution in [-0.4, -0.2) is 44.1 Å². The largest absolute Gasteiger partial charge is 0.476 e. The summed E-state index contributed by atoms with van der Waals surface area (Å²) in [7, 11) is 0. The Morgan fingerprint density at radius 1 is 1.36 bits per heavy atom. The fraction of sp³-hybridized carbons (Fsp3) is 0.467. The number of pyridine rings is 1. The van der Waals surface area contributed by atoms with Gasteiger partial charge in [0.1, 0.15) is 5.82 Å². The third kappa shape index (κ3) is 2.32. The highest BCUT2D eigenvalue weighted by molar-refractivity contribution is 5.84. The van der Waals surface area contributed by atoms with Crippen LogP contribution in [0, 0.1) is 18.8 Å². The fourth-order valence-corrected chi connectivity index (χ4v) is 3.13. The monoisotopic (exact) mass is 299 g/mol. The van der Waals surface area contributed by atoms with E-state index < -0.39 is 5.97 Å². The molecule has 2 unspecified atom stereocenters. The molecule has 114 valence electrons. The lowest BCUT2D eigenvalue weighted by Crippen LogP contribution is -2.23. The normalized spacial score (nSPS) is 22.7. The highest BCUT2D eigenvalue weighted by Gasteiger charge is 2.45. The zero-order valence-electron chi connectivity index (χ0n) is 12.3. The van der Waals surface area contributed by atoms with Gasteiger partial charge in [0.15, 0.2) is 5.69 Å². The van der Waals surface area contributed by atoms with Gasteiger partial charge in [-0.25, -0.2) is 9.78 Å². The molecular formula is C15H17N5O2. The molecule has 0 bridgehead atoms. The smallest absolute Gasteiger partial charge is 0.358 e. The Balaban J connectivity index is 1.50. The van der Waals surface area contributed by atoms with Gasteiger partial charge in [0.2, 0.25) is 0 Å². The van der Waals surface area contributed by atoms with Gasteiger partial charge in [0.05, 0.1) is 12.7 Å². The van der Waals surface area contributed by atoms with Gasteiger partial charge >= 0.3 is 5.97 Å². The number of carboxylic acids is 1. The summed E-state index contributed by atoms with van der Waals surface area (Å²) in [5, 5.41) is 16.8. The van der Waals surface area contributed by atoms with E-state index in [1.54, 1.807) is 0 Å². The molecule has 2 aromatic heterocycles. The van der Waals surface area contributed by atoms with Crippen molar-refractivity contribution in [1.29, 1.82) is 0 Å². The maximum absolute atomic E-state index is 10.8. The molecule has 22 heavy (non-hydrogen) atoms. The van der Waals surface area contributed by atoms with Crippen LogP contribution >= 0.6 is 0 Å². The van der Waals surface area contributed by atoms with Crippen molar-refractivity contribution in [3.05, 3.63) is 35.3 Å². The zero-order valence-corrected chi connectivity index (χ0v) is 12.3. The maximum Gasteiger partial charge on any atom is 0.358 e. The van der Waals surface area contributed by atoms with Crippen LogP contribution in [0.2, 0.25) is 0 Å². The zero-order chi connectivity index (χ0) is 15.3. The Morgan fingerprint density at radius 3 is 2.77 bits per heavy atom. The molecule has 0 radical (unpaired) electrons. The number of carboxylic acid groups (broad SMARTS) is 1. The number of aromatic carboxylic acids is 1. The number of hydrogen-bond donors (Lipinski definition) is 1. The summed E-state index contributed by atoms with van der Waals surface area (Å²) in [5.74, 6) is 1.73. The number of aryl methyl sites for hydroxylation is 1. The first-order valence-electron chi connectivity index (χ1n) is 7.45. The number of piperidine rings is 1. The SMILES string of the molecule is Cc1nc(N2CC3CC3C2)ccc1Cn1ncc(C(=O)O)n1. The Morgan fingerprint density at radius 2 is 2.14 bits per heavy atom. The predicted molar refractivity (Wildman–Crippen MR) is 78.9 cm³/mol. The Hall–Kier alpha value is -2.44. The van der Waals surface area contributed by atoms with E-state index >= 15 is 0 Å². The van der Waals surface area contributed by atoms with Gasteiger partial charge in [-0.3, -0.25) is 0 Å². The summed E-state index contributed by atoms with van der Waals surface area (Å²) >= 11 is 0. The molecule has 1 saturated heterocycles. The second-order valence-electron chi connectivity index (χ2n) is 6.14. The molecule has 2 aromatic rings. The molecule has 2 atom stereocenters. The average molecular weight is 299 g/mol. The van der Waals surface area contributed by atoms with Crippen LogP contribution < -0.4 is 4.90 Å². The van der Waals surface area contributed by atoms with Gasteiger partial charge in [-0.15, -0.1) is 5.10 Å². The van der Waals surface area contributed by atoms with Crippen molar-refractivity contribution >= 4 is 11.8 Å². The molecule has 0 aromatic carbocycles. The van der Waals surface area contributed by atoms with Crippen molar-refractivity contribution in [2.75, 3.05) is 18.0 Å². The van der Waals surface area contributed by atoms with E-state index in [1.807, 2.05) is 19.1 Å². The van der Waals surface area contributed by atoms with Gasteiger partial charge in [-0.1, -0.05) is 6.07 Å². The second kappa shape index (κ2) is 4.79. The molecule has 0 spiro atoms. The topological polar surface area (TPSA) is 84.1 Å². The van der Waals surface area contributed by atoms with Crippen molar-refractivity contribution in [2.24, 2.45) is 11.8 Å². The van der Waals surface area contributed by atoms with Gasteiger partial charge in [0.25, 0.3) is 0 Å². The fourth-order valence-electron chi connectivity index (χ4n) is 3.13. The number of nitrogens with zero attached hydrogens (tertiary/aromatic N) is 5. The first kappa shape index (κ1) is 13.2. The van der Waals surface area contributed by atoms with Gasteiger partial charge in [0, 0.05) is 18.8 Å². The van der Waals surface area contributed by atoms with Crippen LogP contribution in [0.3, 0.4) is 0 Å². The molecule has 7 nitrogen and oxygen atoms in total. The number of rotatable bonds is 4. The number of carbonyl (C=O) groups is 1. The number of fused-ring (bicyclic) bond motifs is 1. The first-order valence-corrected chi connectivity index (χ1v) is 7.45. The van der Waals surface area contributed by atoms with Crippen LogP contribution in [0.15, 0.2) is 18.3 Å². The molecule has 1 aliphatic carbocycles. The van der Waals surface area contributed by atoms with Crippen molar-refractivity contribution in [3.8, 4) is 0 Å². The van der Waals surface area contributed by atoms with Crippen LogP contribution in [0.1, 0.15) is 28.2 Å². The van der Waals surface area contributed by atoms with E-state index in [-0.39, 0.29) is 5.69 Å². The van der Waals surface area contributed by atoms with Gasteiger partial charge in [-0.2, -0.15) is 9.90 Å². The Labute approximate surface area is 127 Å². The third-order valence-electron chi connectivity index (χ3n) is 4.55. The van der Waals surface area contributed by atoms with Crippen LogP contribution in [-0.2, 0) is 6.54 Å². The highest BCUT2D eigenvalue weighted by atomic mass is 16.4. The Bertz CT molecular complexity index is 731. The number of aromatic nitrogens is 4. The lowest BCUT2D eigenvalue weighted by molar-refractivity contribution is 0.0689. The van der Waals surface area contributed by atoms with Crippen LogP contribution in [0.4, 0.5) is 5.82 Å². The minimum absolute atomic E-state index is 0.0430. The van der Waals surface area contributed by atoms with Crippen LogP contribution in [0.5, 0.6) is 0 Å². The highest BCUT2D eigenvalue weighted by Crippen LogP contribution is 2.45. The van der Waals surface area contributed by atoms with Crippen molar-refractivity contribution in [2.45, 2.75) is 19.9 Å². The van der Waals surface area contributed by atoms with E-state index in [2.05, 4.69) is 20.1 Å². The van der Waals surface area contributed by atoms with Crippen molar-refractivity contribution in [3.63, 3.8) is 0 Å². The lowest BCUT2D eigenvalue weighted by Gasteiger charge is -2.20. The first-order chi connectivity index (χ1) is 10.6. The van der Waals surface area contributed by atoms with Gasteiger partial charge < -0.3 is 10.0 Å². The number of hydrogen-bond acceptors (Lipinski definition) is 5. The quantitative estimate of drug-likeness (QED) is 0.912. The lowest BCUT2D eigenvalue weighted by atomic mass is 10.2. The summed E-state index contributed by atoms with van der Waals surface area (Å²) in [4.78, 5) is 19.2. The standard InChI is InChI=1S/C15H17N5O2/c1-9-10(8-20-16-5-13(18-20)15(21)22)2-3-14(17-9)19-6-11-4-12(11)7-19/h2-3,5,11-12H,4,6-8H2,1H3,(H,21,22). The summed E-state index contributed by atoms with van der Waals surface area (Å²) in [6, 6.07) is 4.07. The number of anilines is 1. The molecule has 1 aliphatic heterocycles. The molecule has 0 amide bonds. The molecule has 1 saturated carbocycles. The molecule has 1 N–H and O–H groups in total. The minimum Gasteiger partial charge on any atom is -0.476 e. The second-order valence-corrected chi connectivity index (χ2v) is 6.14. The van der Waals surface area contributed by atoms with E-state index in [4.69, 9.17) is 5.11 Å². The van der Waals surface area contributed by atoms with Crippen molar-refractivity contribution < 1.29 is 9.90 Å². The van der Waals surface area contributed by atoms with E-state index in [1.165, 1.54) is 17.4 Å². The summed E-state index contributed by atoms with van der Waals surface area (Å²) < 4.78 is 0. The van der Waals surface area contributed by atoms with Gasteiger partial charge in [-0.05, 0) is 36.8 Å². The molecule has 4 rings (SSSR count). The van der Waals surface area contributed by atoms with E-state index in [9.17, 15) is 4.79 Å². The Kier molecular flexibility index (Phi) is 2.88. The molecular weight excluding hydrogens is 282 g/mol. The molecule has 2 fully saturated rings. The molecule has 2 aliphatic rings. The van der Waals surface area contributed by atoms with Crippen LogP contribution in [0.25, 0.3) is 0 Å². The maximum atomic E-state index is 10.8. The minimum atomic E-state index is -1.07. The van der Waals surface area contributed by atoms with Crippen molar-refractivity contribution in [1.82, 2.24) is 20.0 Å². The third-order valence-corrected chi connectivity index (χ3v) is 4.55. The summed E-state index contributed by atoms with van der Waals surface area (Å²) in [5.41, 5.74) is 1.89. The molecule has 7 heteroatoms. The molecule has 3 heterocycles.